The highest BCUT2D eigenvalue weighted by Crippen LogP contribution is 2.25. The predicted octanol–water partition coefficient (Wildman–Crippen LogP) is 3.64. The molecule has 1 atom stereocenters. The zero-order valence-electron chi connectivity index (χ0n) is 11.5. The van der Waals surface area contributed by atoms with Gasteiger partial charge in [-0.05, 0) is 31.2 Å². The highest BCUT2D eigenvalue weighted by atomic mass is 35.5. The third kappa shape index (κ3) is 3.84. The highest BCUT2D eigenvalue weighted by molar-refractivity contribution is 6.31. The van der Waals surface area contributed by atoms with Crippen molar-refractivity contribution in [1.82, 2.24) is 4.98 Å². The van der Waals surface area contributed by atoms with Crippen molar-refractivity contribution in [2.24, 2.45) is 0 Å². The van der Waals surface area contributed by atoms with Gasteiger partial charge in [-0.15, -0.1) is 0 Å². The van der Waals surface area contributed by atoms with Gasteiger partial charge in [0, 0.05) is 41.7 Å². The lowest BCUT2D eigenvalue weighted by molar-refractivity contribution is -0.141. The van der Waals surface area contributed by atoms with Crippen LogP contribution in [0.3, 0.4) is 0 Å². The summed E-state index contributed by atoms with van der Waals surface area (Å²) < 4.78 is 4.94. The number of nitrogens with one attached hydrogen (secondary N) is 1. The fourth-order valence-electron chi connectivity index (χ4n) is 1.96. The van der Waals surface area contributed by atoms with Gasteiger partial charge in [-0.25, -0.2) is 0 Å². The lowest BCUT2D eigenvalue weighted by atomic mass is 10.1. The normalized spacial score (nSPS) is 12.2. The molecule has 2 rings (SSSR count). The number of anilines is 1. The Bertz CT molecular complexity index is 616. The van der Waals surface area contributed by atoms with Crippen LogP contribution in [0.2, 0.25) is 5.02 Å². The third-order valence-electron chi connectivity index (χ3n) is 2.96. The van der Waals surface area contributed by atoms with E-state index in [2.05, 4.69) is 10.3 Å². The second-order valence-electron chi connectivity index (χ2n) is 4.69. The van der Waals surface area contributed by atoms with Gasteiger partial charge < -0.3 is 10.1 Å². The molecule has 1 aromatic heterocycles. The quantitative estimate of drug-likeness (QED) is 0.855. The standard InChI is InChI=1S/C15H17ClN2O2/c1-10(6-8-20-11(2)19)18-14-5-7-17-15-9-12(16)3-4-13(14)15/h3-5,7,9-10H,6,8H2,1-2H3,(H,17,18). The molecule has 1 N–H and O–H groups in total. The molecule has 2 aromatic rings. The van der Waals surface area contributed by atoms with Crippen molar-refractivity contribution >= 4 is 34.2 Å². The first-order chi connectivity index (χ1) is 9.56. The molecule has 0 bridgehead atoms. The van der Waals surface area contributed by atoms with Gasteiger partial charge in [0.15, 0.2) is 0 Å². The van der Waals surface area contributed by atoms with Crippen molar-refractivity contribution in [3.05, 3.63) is 35.5 Å². The highest BCUT2D eigenvalue weighted by Gasteiger charge is 2.07. The first-order valence-corrected chi connectivity index (χ1v) is 6.88. The molecule has 0 saturated heterocycles. The topological polar surface area (TPSA) is 51.2 Å². The number of hydrogen-bond acceptors (Lipinski definition) is 4. The Balaban J connectivity index is 2.07. The van der Waals surface area contributed by atoms with E-state index in [1.54, 1.807) is 6.20 Å². The molecule has 1 heterocycles. The maximum Gasteiger partial charge on any atom is 0.302 e. The van der Waals surface area contributed by atoms with Gasteiger partial charge in [-0.2, -0.15) is 0 Å². The molecule has 0 spiro atoms. The predicted molar refractivity (Wildman–Crippen MR) is 81.1 cm³/mol. The van der Waals surface area contributed by atoms with Crippen LogP contribution in [-0.4, -0.2) is 23.6 Å². The largest absolute Gasteiger partial charge is 0.466 e. The average Bonchev–Trinajstić information content (AvgIpc) is 2.38. The summed E-state index contributed by atoms with van der Waals surface area (Å²) >= 11 is 5.97. The van der Waals surface area contributed by atoms with Crippen LogP contribution >= 0.6 is 11.6 Å². The number of aromatic nitrogens is 1. The monoisotopic (exact) mass is 292 g/mol. The van der Waals surface area contributed by atoms with E-state index in [4.69, 9.17) is 16.3 Å². The Morgan fingerprint density at radius 2 is 2.25 bits per heavy atom. The zero-order chi connectivity index (χ0) is 14.5. The molecule has 4 nitrogen and oxygen atoms in total. The van der Waals surface area contributed by atoms with Gasteiger partial charge in [0.05, 0.1) is 12.1 Å². The number of pyridine rings is 1. The maximum atomic E-state index is 10.7. The zero-order valence-corrected chi connectivity index (χ0v) is 12.3. The number of fused-ring (bicyclic) bond motifs is 1. The van der Waals surface area contributed by atoms with E-state index in [0.29, 0.717) is 11.6 Å². The number of hydrogen-bond donors (Lipinski definition) is 1. The van der Waals surface area contributed by atoms with Crippen LogP contribution in [-0.2, 0) is 9.53 Å². The molecule has 1 unspecified atom stereocenters. The van der Waals surface area contributed by atoms with E-state index in [9.17, 15) is 4.79 Å². The van der Waals surface area contributed by atoms with Crippen LogP contribution in [0, 0.1) is 0 Å². The molecule has 1 aromatic carbocycles. The summed E-state index contributed by atoms with van der Waals surface area (Å²) in [6.07, 6.45) is 2.50. The summed E-state index contributed by atoms with van der Waals surface area (Å²) in [5.41, 5.74) is 1.86. The first kappa shape index (κ1) is 14.6. The minimum atomic E-state index is -0.249. The van der Waals surface area contributed by atoms with Crippen molar-refractivity contribution in [1.29, 1.82) is 0 Å². The molecule has 20 heavy (non-hydrogen) atoms. The first-order valence-electron chi connectivity index (χ1n) is 6.50. The van der Waals surface area contributed by atoms with Crippen LogP contribution < -0.4 is 5.32 Å². The van der Waals surface area contributed by atoms with E-state index in [-0.39, 0.29) is 12.0 Å². The van der Waals surface area contributed by atoms with Crippen molar-refractivity contribution in [2.75, 3.05) is 11.9 Å². The van der Waals surface area contributed by atoms with Gasteiger partial charge in [0.1, 0.15) is 0 Å². The molecule has 0 aliphatic rings. The lowest BCUT2D eigenvalue weighted by Crippen LogP contribution is -2.18. The smallest absolute Gasteiger partial charge is 0.302 e. The van der Waals surface area contributed by atoms with E-state index in [1.165, 1.54) is 6.92 Å². The Kier molecular flexibility index (Phi) is 4.79. The summed E-state index contributed by atoms with van der Waals surface area (Å²) in [6.45, 7) is 3.88. The molecular weight excluding hydrogens is 276 g/mol. The minimum Gasteiger partial charge on any atom is -0.466 e. The van der Waals surface area contributed by atoms with E-state index < -0.39 is 0 Å². The summed E-state index contributed by atoms with van der Waals surface area (Å²) in [5.74, 6) is -0.249. The Labute approximate surface area is 123 Å². The molecule has 106 valence electrons. The second-order valence-corrected chi connectivity index (χ2v) is 5.13. The molecular formula is C15H17ClN2O2. The average molecular weight is 293 g/mol. The van der Waals surface area contributed by atoms with Crippen molar-refractivity contribution in [3.8, 4) is 0 Å². The second kappa shape index (κ2) is 6.57. The molecule has 5 heteroatoms. The Morgan fingerprint density at radius 3 is 3.00 bits per heavy atom. The summed E-state index contributed by atoms with van der Waals surface area (Å²) in [7, 11) is 0. The SMILES string of the molecule is CC(=O)OCCC(C)Nc1ccnc2cc(Cl)ccc12. The van der Waals surface area contributed by atoms with Gasteiger partial charge in [0.2, 0.25) is 0 Å². The molecule has 0 amide bonds. The Morgan fingerprint density at radius 1 is 1.45 bits per heavy atom. The molecule has 0 fully saturated rings. The molecule has 0 radical (unpaired) electrons. The van der Waals surface area contributed by atoms with Gasteiger partial charge in [-0.1, -0.05) is 11.6 Å². The Hall–Kier alpha value is -1.81. The third-order valence-corrected chi connectivity index (χ3v) is 3.20. The summed E-state index contributed by atoms with van der Waals surface area (Å²) in [4.78, 5) is 15.0. The van der Waals surface area contributed by atoms with Crippen LogP contribution in [0.1, 0.15) is 20.3 Å². The van der Waals surface area contributed by atoms with Crippen molar-refractivity contribution in [2.45, 2.75) is 26.3 Å². The van der Waals surface area contributed by atoms with Gasteiger partial charge in [0.25, 0.3) is 0 Å². The number of ether oxygens (including phenoxy) is 1. The fourth-order valence-corrected chi connectivity index (χ4v) is 2.13. The van der Waals surface area contributed by atoms with Gasteiger partial charge in [-0.3, -0.25) is 9.78 Å². The van der Waals surface area contributed by atoms with Crippen molar-refractivity contribution < 1.29 is 9.53 Å². The van der Waals surface area contributed by atoms with E-state index in [0.717, 1.165) is 23.0 Å². The molecule has 0 aliphatic heterocycles. The van der Waals surface area contributed by atoms with E-state index in [1.807, 2.05) is 31.2 Å². The van der Waals surface area contributed by atoms with Gasteiger partial charge >= 0.3 is 5.97 Å². The lowest BCUT2D eigenvalue weighted by Gasteiger charge is -2.16. The van der Waals surface area contributed by atoms with Crippen molar-refractivity contribution in [3.63, 3.8) is 0 Å². The number of nitrogens with zero attached hydrogens (tertiary/aromatic N) is 1. The minimum absolute atomic E-state index is 0.190. The number of carbonyl (C=O) groups excluding carboxylic acids is 1. The van der Waals surface area contributed by atoms with E-state index >= 15 is 0 Å². The molecule has 0 saturated carbocycles. The fraction of sp³-hybridized carbons (Fsp3) is 0.333. The van der Waals surface area contributed by atoms with Crippen LogP contribution in [0.25, 0.3) is 10.9 Å². The van der Waals surface area contributed by atoms with Crippen LogP contribution in [0.15, 0.2) is 30.5 Å². The number of benzene rings is 1. The number of halogens is 1. The number of carbonyl (C=O) groups is 1. The number of rotatable bonds is 5. The van der Waals surface area contributed by atoms with Crippen LogP contribution in [0.4, 0.5) is 5.69 Å². The maximum absolute atomic E-state index is 10.7. The summed E-state index contributed by atoms with van der Waals surface area (Å²) in [5, 5.41) is 5.10. The summed E-state index contributed by atoms with van der Waals surface area (Å²) in [6, 6.07) is 7.76. The molecule has 0 aliphatic carbocycles. The number of esters is 1. The van der Waals surface area contributed by atoms with Crippen LogP contribution in [0.5, 0.6) is 0 Å².